The summed E-state index contributed by atoms with van der Waals surface area (Å²) in [5.74, 6) is -1.28. The minimum atomic E-state index is -0.527. The van der Waals surface area contributed by atoms with Crippen LogP contribution in [0.15, 0.2) is 12.3 Å². The molecular formula is C9H12N2O4. The summed E-state index contributed by atoms with van der Waals surface area (Å²) in [6.45, 7) is 1.70. The van der Waals surface area contributed by atoms with Crippen LogP contribution in [0.4, 0.5) is 0 Å². The standard InChI is InChI=1S/C9H12N2O4/c1-6-9(14)10-7(12)5-11(6)4-3-8(13)15-2/h3-4,6H,5H2,1-2H3,(H,10,12,14)/b4-3+. The van der Waals surface area contributed by atoms with Gasteiger partial charge in [0.05, 0.1) is 13.7 Å². The molecule has 1 N–H and O–H groups in total. The highest BCUT2D eigenvalue weighted by molar-refractivity contribution is 6.01. The number of hydrogen-bond acceptors (Lipinski definition) is 5. The van der Waals surface area contributed by atoms with E-state index in [0.717, 1.165) is 0 Å². The smallest absolute Gasteiger partial charge is 0.331 e. The van der Waals surface area contributed by atoms with Crippen molar-refractivity contribution in [2.75, 3.05) is 13.7 Å². The zero-order valence-electron chi connectivity index (χ0n) is 8.52. The van der Waals surface area contributed by atoms with Crippen LogP contribution in [0.25, 0.3) is 0 Å². The van der Waals surface area contributed by atoms with E-state index in [1.54, 1.807) is 6.92 Å². The number of imide groups is 1. The number of amides is 2. The summed E-state index contributed by atoms with van der Waals surface area (Å²) in [7, 11) is 1.25. The highest BCUT2D eigenvalue weighted by atomic mass is 16.5. The van der Waals surface area contributed by atoms with Crippen molar-refractivity contribution in [1.82, 2.24) is 10.2 Å². The lowest BCUT2D eigenvalue weighted by Crippen LogP contribution is -2.54. The SMILES string of the molecule is COC(=O)/C=C/N1CC(=O)NC(=O)C1C. The van der Waals surface area contributed by atoms with Gasteiger partial charge < -0.3 is 9.64 Å². The Balaban J connectivity index is 2.67. The average Bonchev–Trinajstić information content (AvgIpc) is 2.20. The fourth-order valence-corrected chi connectivity index (χ4v) is 1.14. The summed E-state index contributed by atoms with van der Waals surface area (Å²) < 4.78 is 4.39. The van der Waals surface area contributed by atoms with Gasteiger partial charge in [0, 0.05) is 12.3 Å². The Morgan fingerprint density at radius 1 is 1.60 bits per heavy atom. The van der Waals surface area contributed by atoms with Crippen molar-refractivity contribution in [2.45, 2.75) is 13.0 Å². The molecule has 6 heteroatoms. The van der Waals surface area contributed by atoms with Gasteiger partial charge in [0.25, 0.3) is 0 Å². The second kappa shape index (κ2) is 4.59. The number of nitrogens with zero attached hydrogens (tertiary/aromatic N) is 1. The Bertz CT molecular complexity index is 324. The third-order valence-corrected chi connectivity index (χ3v) is 2.07. The number of carbonyl (C=O) groups excluding carboxylic acids is 3. The van der Waals surface area contributed by atoms with Gasteiger partial charge in [-0.15, -0.1) is 0 Å². The van der Waals surface area contributed by atoms with Crippen molar-refractivity contribution in [3.05, 3.63) is 12.3 Å². The van der Waals surface area contributed by atoms with Gasteiger partial charge in [-0.2, -0.15) is 0 Å². The van der Waals surface area contributed by atoms with E-state index in [-0.39, 0.29) is 18.4 Å². The van der Waals surface area contributed by atoms with Gasteiger partial charge in [-0.1, -0.05) is 0 Å². The molecule has 2 amide bonds. The van der Waals surface area contributed by atoms with Gasteiger partial charge in [-0.3, -0.25) is 14.9 Å². The van der Waals surface area contributed by atoms with Crippen LogP contribution < -0.4 is 5.32 Å². The van der Waals surface area contributed by atoms with E-state index in [1.165, 1.54) is 24.3 Å². The molecular weight excluding hydrogens is 200 g/mol. The number of methoxy groups -OCH3 is 1. The van der Waals surface area contributed by atoms with Gasteiger partial charge in [0.2, 0.25) is 11.8 Å². The van der Waals surface area contributed by atoms with Crippen molar-refractivity contribution in [3.63, 3.8) is 0 Å². The van der Waals surface area contributed by atoms with Crippen LogP contribution in [-0.4, -0.2) is 42.4 Å². The van der Waals surface area contributed by atoms with Gasteiger partial charge in [0.1, 0.15) is 6.04 Å². The van der Waals surface area contributed by atoms with E-state index in [0.29, 0.717) is 0 Å². The van der Waals surface area contributed by atoms with E-state index in [1.807, 2.05) is 0 Å². The normalized spacial score (nSPS) is 21.7. The first-order valence-electron chi connectivity index (χ1n) is 4.40. The van der Waals surface area contributed by atoms with E-state index >= 15 is 0 Å². The number of hydrogen-bond donors (Lipinski definition) is 1. The monoisotopic (exact) mass is 212 g/mol. The summed E-state index contributed by atoms with van der Waals surface area (Å²) in [6.07, 6.45) is 2.55. The Kier molecular flexibility index (Phi) is 3.43. The highest BCUT2D eigenvalue weighted by Gasteiger charge is 2.27. The van der Waals surface area contributed by atoms with Crippen molar-refractivity contribution in [1.29, 1.82) is 0 Å². The first-order valence-corrected chi connectivity index (χ1v) is 4.40. The van der Waals surface area contributed by atoms with Crippen molar-refractivity contribution >= 4 is 17.8 Å². The van der Waals surface area contributed by atoms with Crippen molar-refractivity contribution < 1.29 is 19.1 Å². The van der Waals surface area contributed by atoms with Gasteiger partial charge >= 0.3 is 5.97 Å². The average molecular weight is 212 g/mol. The Hall–Kier alpha value is -1.85. The van der Waals surface area contributed by atoms with E-state index in [2.05, 4.69) is 10.1 Å². The van der Waals surface area contributed by atoms with Crippen molar-refractivity contribution in [2.24, 2.45) is 0 Å². The first-order chi connectivity index (χ1) is 7.04. The molecule has 0 aromatic heterocycles. The van der Waals surface area contributed by atoms with Crippen molar-refractivity contribution in [3.8, 4) is 0 Å². The Labute approximate surface area is 86.9 Å². The largest absolute Gasteiger partial charge is 0.466 e. The molecule has 0 aromatic rings. The quantitative estimate of drug-likeness (QED) is 0.362. The number of esters is 1. The van der Waals surface area contributed by atoms with E-state index in [4.69, 9.17) is 0 Å². The molecule has 1 unspecified atom stereocenters. The maximum atomic E-state index is 11.2. The van der Waals surface area contributed by atoms with Crippen LogP contribution in [-0.2, 0) is 19.1 Å². The summed E-state index contributed by atoms with van der Waals surface area (Å²) in [4.78, 5) is 34.5. The molecule has 0 radical (unpaired) electrons. The molecule has 82 valence electrons. The molecule has 1 rings (SSSR count). The lowest BCUT2D eigenvalue weighted by Gasteiger charge is -2.30. The molecule has 1 heterocycles. The Morgan fingerprint density at radius 3 is 2.87 bits per heavy atom. The Morgan fingerprint density at radius 2 is 2.27 bits per heavy atom. The molecule has 1 aliphatic rings. The van der Waals surface area contributed by atoms with Crippen LogP contribution >= 0.6 is 0 Å². The summed E-state index contributed by atoms with van der Waals surface area (Å²) in [6, 6.07) is -0.469. The molecule has 15 heavy (non-hydrogen) atoms. The van der Waals surface area contributed by atoms with Gasteiger partial charge in [0.15, 0.2) is 0 Å². The third-order valence-electron chi connectivity index (χ3n) is 2.07. The number of rotatable bonds is 2. The molecule has 0 bridgehead atoms. The van der Waals surface area contributed by atoms with Gasteiger partial charge in [-0.25, -0.2) is 4.79 Å². The number of piperazine rings is 1. The molecule has 0 spiro atoms. The summed E-state index contributed by atoms with van der Waals surface area (Å²) >= 11 is 0. The molecule has 1 atom stereocenters. The van der Waals surface area contributed by atoms with Crippen LogP contribution in [0.2, 0.25) is 0 Å². The topological polar surface area (TPSA) is 75.7 Å². The van der Waals surface area contributed by atoms with E-state index in [9.17, 15) is 14.4 Å². The zero-order chi connectivity index (χ0) is 11.4. The predicted octanol–water partition coefficient (Wildman–Crippen LogP) is -0.980. The number of carbonyl (C=O) groups is 3. The minimum Gasteiger partial charge on any atom is -0.466 e. The molecule has 6 nitrogen and oxygen atoms in total. The summed E-state index contributed by atoms with van der Waals surface area (Å²) in [5.41, 5.74) is 0. The minimum absolute atomic E-state index is 0.0560. The van der Waals surface area contributed by atoms with Crippen LogP contribution in [0.5, 0.6) is 0 Å². The predicted molar refractivity (Wildman–Crippen MR) is 50.5 cm³/mol. The zero-order valence-corrected chi connectivity index (χ0v) is 8.52. The fourth-order valence-electron chi connectivity index (χ4n) is 1.14. The first kappa shape index (κ1) is 11.2. The molecule has 0 aromatic carbocycles. The number of nitrogens with one attached hydrogen (secondary N) is 1. The second-order valence-electron chi connectivity index (χ2n) is 3.10. The lowest BCUT2D eigenvalue weighted by molar-refractivity contribution is -0.139. The molecule has 1 saturated heterocycles. The molecule has 0 aliphatic carbocycles. The summed E-state index contributed by atoms with van der Waals surface area (Å²) in [5, 5.41) is 2.19. The second-order valence-corrected chi connectivity index (χ2v) is 3.10. The maximum absolute atomic E-state index is 11.2. The third kappa shape index (κ3) is 2.80. The highest BCUT2D eigenvalue weighted by Crippen LogP contribution is 2.04. The van der Waals surface area contributed by atoms with Gasteiger partial charge in [-0.05, 0) is 6.92 Å². The molecule has 0 saturated carbocycles. The van der Waals surface area contributed by atoms with Crippen LogP contribution in [0.3, 0.4) is 0 Å². The maximum Gasteiger partial charge on any atom is 0.331 e. The fraction of sp³-hybridized carbons (Fsp3) is 0.444. The molecule has 1 fully saturated rings. The lowest BCUT2D eigenvalue weighted by atomic mass is 10.2. The van der Waals surface area contributed by atoms with Crippen LogP contribution in [0, 0.1) is 0 Å². The number of ether oxygens (including phenoxy) is 1. The molecule has 1 aliphatic heterocycles. The van der Waals surface area contributed by atoms with E-state index < -0.39 is 12.0 Å². The van der Waals surface area contributed by atoms with Crippen LogP contribution in [0.1, 0.15) is 6.92 Å².